The predicted octanol–water partition coefficient (Wildman–Crippen LogP) is 3.56. The van der Waals surface area contributed by atoms with E-state index in [9.17, 15) is 0 Å². The van der Waals surface area contributed by atoms with E-state index in [1.54, 1.807) is 0 Å². The summed E-state index contributed by atoms with van der Waals surface area (Å²) in [6, 6.07) is 4.84. The molecule has 94 valence electrons. The van der Waals surface area contributed by atoms with Crippen LogP contribution in [0.15, 0.2) is 24.5 Å². The van der Waals surface area contributed by atoms with Crippen LogP contribution in [0, 0.1) is 11.8 Å². The maximum absolute atomic E-state index is 4.12. The minimum Gasteiger partial charge on any atom is -0.310 e. The van der Waals surface area contributed by atoms with Gasteiger partial charge in [-0.25, -0.2) is 0 Å². The van der Waals surface area contributed by atoms with Crippen LogP contribution in [0.2, 0.25) is 0 Å². The number of hydrogen-bond donors (Lipinski definition) is 1. The Morgan fingerprint density at radius 2 is 1.88 bits per heavy atom. The molecule has 1 aromatic rings. The van der Waals surface area contributed by atoms with Crippen molar-refractivity contribution < 1.29 is 0 Å². The van der Waals surface area contributed by atoms with Gasteiger partial charge >= 0.3 is 0 Å². The van der Waals surface area contributed by atoms with Gasteiger partial charge in [0, 0.05) is 18.4 Å². The van der Waals surface area contributed by atoms with Gasteiger partial charge in [-0.05, 0) is 48.9 Å². The zero-order valence-electron chi connectivity index (χ0n) is 11.0. The van der Waals surface area contributed by atoms with Crippen LogP contribution in [-0.4, -0.2) is 11.5 Å². The Bertz CT molecular complexity index is 315. The van der Waals surface area contributed by atoms with Gasteiger partial charge < -0.3 is 5.32 Å². The summed E-state index contributed by atoms with van der Waals surface area (Å²) in [5.41, 5.74) is 1.40. The van der Waals surface area contributed by atoms with E-state index in [2.05, 4.69) is 36.3 Å². The highest BCUT2D eigenvalue weighted by atomic mass is 14.9. The first-order valence-electron chi connectivity index (χ1n) is 6.94. The SMILES string of the molecule is CCNC(c1ccncc1)C1CCC(C)CC1. The summed E-state index contributed by atoms with van der Waals surface area (Å²) in [4.78, 5) is 4.12. The van der Waals surface area contributed by atoms with E-state index >= 15 is 0 Å². The normalized spacial score (nSPS) is 26.7. The second-order valence-electron chi connectivity index (χ2n) is 5.34. The van der Waals surface area contributed by atoms with E-state index < -0.39 is 0 Å². The van der Waals surface area contributed by atoms with Gasteiger partial charge in [-0.3, -0.25) is 4.98 Å². The Labute approximate surface area is 105 Å². The molecule has 0 aromatic carbocycles. The van der Waals surface area contributed by atoms with Crippen LogP contribution in [0.4, 0.5) is 0 Å². The molecule has 1 unspecified atom stereocenters. The van der Waals surface area contributed by atoms with Crippen molar-refractivity contribution in [1.82, 2.24) is 10.3 Å². The Kier molecular flexibility index (Phi) is 4.55. The van der Waals surface area contributed by atoms with Crippen molar-refractivity contribution in [2.45, 2.75) is 45.6 Å². The molecule has 17 heavy (non-hydrogen) atoms. The van der Waals surface area contributed by atoms with Gasteiger partial charge in [0.05, 0.1) is 0 Å². The number of pyridine rings is 1. The van der Waals surface area contributed by atoms with E-state index in [1.807, 2.05) is 12.4 Å². The molecular formula is C15H24N2. The van der Waals surface area contributed by atoms with Gasteiger partial charge in [-0.1, -0.05) is 26.7 Å². The predicted molar refractivity (Wildman–Crippen MR) is 71.8 cm³/mol. The largest absolute Gasteiger partial charge is 0.310 e. The first-order valence-corrected chi connectivity index (χ1v) is 6.94. The van der Waals surface area contributed by atoms with Crippen molar-refractivity contribution in [1.29, 1.82) is 0 Å². The maximum atomic E-state index is 4.12. The highest BCUT2D eigenvalue weighted by Crippen LogP contribution is 2.36. The summed E-state index contributed by atoms with van der Waals surface area (Å²) in [7, 11) is 0. The van der Waals surface area contributed by atoms with Gasteiger partial charge in [-0.15, -0.1) is 0 Å². The molecule has 0 saturated heterocycles. The second kappa shape index (κ2) is 6.15. The van der Waals surface area contributed by atoms with E-state index in [4.69, 9.17) is 0 Å². The Morgan fingerprint density at radius 1 is 1.24 bits per heavy atom. The molecule has 2 heteroatoms. The lowest BCUT2D eigenvalue weighted by Gasteiger charge is -2.33. The molecule has 2 rings (SSSR count). The fraction of sp³-hybridized carbons (Fsp3) is 0.667. The quantitative estimate of drug-likeness (QED) is 0.858. The van der Waals surface area contributed by atoms with Crippen LogP contribution in [0.3, 0.4) is 0 Å². The van der Waals surface area contributed by atoms with Gasteiger partial charge in [0.15, 0.2) is 0 Å². The van der Waals surface area contributed by atoms with Crippen molar-refractivity contribution in [3.05, 3.63) is 30.1 Å². The summed E-state index contributed by atoms with van der Waals surface area (Å²) in [6.07, 6.45) is 9.31. The van der Waals surface area contributed by atoms with E-state index in [0.29, 0.717) is 6.04 Å². The third-order valence-electron chi connectivity index (χ3n) is 4.02. The lowest BCUT2D eigenvalue weighted by atomic mass is 9.77. The monoisotopic (exact) mass is 232 g/mol. The van der Waals surface area contributed by atoms with Crippen LogP contribution < -0.4 is 5.32 Å². The molecule has 0 radical (unpaired) electrons. The molecule has 0 amide bonds. The van der Waals surface area contributed by atoms with E-state index in [1.165, 1.54) is 31.2 Å². The molecular weight excluding hydrogens is 208 g/mol. The molecule has 1 fully saturated rings. The molecule has 1 aliphatic rings. The highest BCUT2D eigenvalue weighted by Gasteiger charge is 2.26. The van der Waals surface area contributed by atoms with Gasteiger partial charge in [0.2, 0.25) is 0 Å². The average molecular weight is 232 g/mol. The summed E-state index contributed by atoms with van der Waals surface area (Å²) in [6.45, 7) is 5.61. The smallest absolute Gasteiger partial charge is 0.0349 e. The van der Waals surface area contributed by atoms with E-state index in [-0.39, 0.29) is 0 Å². The molecule has 0 aliphatic heterocycles. The first-order chi connectivity index (χ1) is 8.31. The third kappa shape index (κ3) is 3.29. The number of rotatable bonds is 4. The minimum atomic E-state index is 0.524. The topological polar surface area (TPSA) is 24.9 Å². The van der Waals surface area contributed by atoms with Crippen molar-refractivity contribution in [3.8, 4) is 0 Å². The average Bonchev–Trinajstić information content (AvgIpc) is 2.38. The molecule has 0 spiro atoms. The molecule has 1 aliphatic carbocycles. The first kappa shape index (κ1) is 12.6. The second-order valence-corrected chi connectivity index (χ2v) is 5.34. The number of nitrogens with one attached hydrogen (secondary N) is 1. The van der Waals surface area contributed by atoms with Crippen LogP contribution in [0.5, 0.6) is 0 Å². The van der Waals surface area contributed by atoms with Gasteiger partial charge in [0.25, 0.3) is 0 Å². The fourth-order valence-corrected chi connectivity index (χ4v) is 2.97. The Morgan fingerprint density at radius 3 is 2.47 bits per heavy atom. The third-order valence-corrected chi connectivity index (χ3v) is 4.02. The Balaban J connectivity index is 2.07. The van der Waals surface area contributed by atoms with Crippen LogP contribution >= 0.6 is 0 Å². The molecule has 2 nitrogen and oxygen atoms in total. The summed E-state index contributed by atoms with van der Waals surface area (Å²) in [5.74, 6) is 1.72. The van der Waals surface area contributed by atoms with Crippen LogP contribution in [-0.2, 0) is 0 Å². The molecule has 1 heterocycles. The number of hydrogen-bond acceptors (Lipinski definition) is 2. The number of aromatic nitrogens is 1. The minimum absolute atomic E-state index is 0.524. The van der Waals surface area contributed by atoms with Crippen LogP contribution in [0.1, 0.15) is 51.1 Å². The molecule has 0 bridgehead atoms. The standard InChI is InChI=1S/C15H24N2/c1-3-17-15(14-8-10-16-11-9-14)13-6-4-12(2)5-7-13/h8-13,15,17H,3-7H2,1-2H3. The lowest BCUT2D eigenvalue weighted by Crippen LogP contribution is -2.30. The summed E-state index contributed by atoms with van der Waals surface area (Å²) >= 11 is 0. The van der Waals surface area contributed by atoms with Crippen molar-refractivity contribution in [3.63, 3.8) is 0 Å². The molecule has 1 saturated carbocycles. The molecule has 1 atom stereocenters. The van der Waals surface area contributed by atoms with Crippen LogP contribution in [0.25, 0.3) is 0 Å². The summed E-state index contributed by atoms with van der Waals surface area (Å²) < 4.78 is 0. The Hall–Kier alpha value is -0.890. The number of nitrogens with zero attached hydrogens (tertiary/aromatic N) is 1. The summed E-state index contributed by atoms with van der Waals surface area (Å²) in [5, 5.41) is 3.66. The van der Waals surface area contributed by atoms with E-state index in [0.717, 1.165) is 18.4 Å². The lowest BCUT2D eigenvalue weighted by molar-refractivity contribution is 0.233. The van der Waals surface area contributed by atoms with Crippen molar-refractivity contribution in [2.75, 3.05) is 6.54 Å². The van der Waals surface area contributed by atoms with Crippen molar-refractivity contribution in [2.24, 2.45) is 11.8 Å². The van der Waals surface area contributed by atoms with Gasteiger partial charge in [0.1, 0.15) is 0 Å². The fourth-order valence-electron chi connectivity index (χ4n) is 2.97. The zero-order valence-corrected chi connectivity index (χ0v) is 11.0. The zero-order chi connectivity index (χ0) is 12.1. The van der Waals surface area contributed by atoms with Crippen molar-refractivity contribution >= 4 is 0 Å². The maximum Gasteiger partial charge on any atom is 0.0349 e. The highest BCUT2D eigenvalue weighted by molar-refractivity contribution is 5.16. The molecule has 1 N–H and O–H groups in total. The molecule has 1 aromatic heterocycles. The van der Waals surface area contributed by atoms with Gasteiger partial charge in [-0.2, -0.15) is 0 Å².